The molecule has 2 N–H and O–H groups in total. The molecule has 4 nitrogen and oxygen atoms in total. The highest BCUT2D eigenvalue weighted by Crippen LogP contribution is 2.19. The number of carbonyl (C=O) groups is 2. The maximum absolute atomic E-state index is 11.6. The Kier molecular flexibility index (Phi) is 5.36. The van der Waals surface area contributed by atoms with Crippen molar-refractivity contribution in [3.63, 3.8) is 0 Å². The van der Waals surface area contributed by atoms with Crippen LogP contribution in [0.1, 0.15) is 44.6 Å². The van der Waals surface area contributed by atoms with Gasteiger partial charge in [-0.2, -0.15) is 0 Å². The SMILES string of the molecule is CCCCC(=O)Nc1cccc(C(C)C(=O)O)c1. The van der Waals surface area contributed by atoms with E-state index >= 15 is 0 Å². The first-order valence-corrected chi connectivity index (χ1v) is 6.17. The van der Waals surface area contributed by atoms with Crippen molar-refractivity contribution >= 4 is 17.6 Å². The molecule has 1 aromatic carbocycles. The Balaban J connectivity index is 2.70. The van der Waals surface area contributed by atoms with Gasteiger partial charge in [0.25, 0.3) is 0 Å². The summed E-state index contributed by atoms with van der Waals surface area (Å²) < 4.78 is 0. The lowest BCUT2D eigenvalue weighted by molar-refractivity contribution is -0.138. The molecule has 1 amide bonds. The van der Waals surface area contributed by atoms with Crippen LogP contribution in [0.3, 0.4) is 0 Å². The number of unbranched alkanes of at least 4 members (excludes halogenated alkanes) is 1. The summed E-state index contributed by atoms with van der Waals surface area (Å²) in [6, 6.07) is 6.98. The average molecular weight is 249 g/mol. The zero-order valence-electron chi connectivity index (χ0n) is 10.8. The van der Waals surface area contributed by atoms with Crippen LogP contribution in [0.25, 0.3) is 0 Å². The van der Waals surface area contributed by atoms with Crippen molar-refractivity contribution in [3.8, 4) is 0 Å². The molecule has 0 aliphatic rings. The van der Waals surface area contributed by atoms with Crippen molar-refractivity contribution in [1.29, 1.82) is 0 Å². The summed E-state index contributed by atoms with van der Waals surface area (Å²) in [6.07, 6.45) is 2.33. The summed E-state index contributed by atoms with van der Waals surface area (Å²) in [5, 5.41) is 11.7. The maximum Gasteiger partial charge on any atom is 0.310 e. The number of hydrogen-bond donors (Lipinski definition) is 2. The zero-order chi connectivity index (χ0) is 13.5. The van der Waals surface area contributed by atoms with Crippen molar-refractivity contribution in [1.82, 2.24) is 0 Å². The molecule has 98 valence electrons. The highest BCUT2D eigenvalue weighted by molar-refractivity contribution is 5.91. The molecule has 0 saturated carbocycles. The molecule has 1 unspecified atom stereocenters. The van der Waals surface area contributed by atoms with Gasteiger partial charge in [0.05, 0.1) is 5.92 Å². The lowest BCUT2D eigenvalue weighted by Gasteiger charge is -2.10. The summed E-state index contributed by atoms with van der Waals surface area (Å²) in [7, 11) is 0. The van der Waals surface area contributed by atoms with Gasteiger partial charge in [-0.3, -0.25) is 9.59 Å². The average Bonchev–Trinajstić information content (AvgIpc) is 2.35. The van der Waals surface area contributed by atoms with Gasteiger partial charge in [0.15, 0.2) is 0 Å². The highest BCUT2D eigenvalue weighted by Gasteiger charge is 2.13. The predicted octanol–water partition coefficient (Wildman–Crippen LogP) is 3.00. The first-order chi connectivity index (χ1) is 8.54. The second-order valence-corrected chi connectivity index (χ2v) is 4.34. The molecule has 0 spiro atoms. The number of rotatable bonds is 6. The molecule has 0 fully saturated rings. The van der Waals surface area contributed by atoms with Gasteiger partial charge in [-0.25, -0.2) is 0 Å². The number of anilines is 1. The molecule has 4 heteroatoms. The minimum atomic E-state index is -0.871. The van der Waals surface area contributed by atoms with E-state index in [1.807, 2.05) is 6.92 Å². The van der Waals surface area contributed by atoms with Gasteiger partial charge in [0, 0.05) is 12.1 Å². The van der Waals surface area contributed by atoms with Crippen LogP contribution < -0.4 is 5.32 Å². The van der Waals surface area contributed by atoms with Crippen molar-refractivity contribution in [2.45, 2.75) is 39.0 Å². The predicted molar refractivity (Wildman–Crippen MR) is 70.6 cm³/mol. The molecule has 0 aliphatic heterocycles. The Morgan fingerprint density at radius 3 is 2.72 bits per heavy atom. The number of nitrogens with one attached hydrogen (secondary N) is 1. The fraction of sp³-hybridized carbons (Fsp3) is 0.429. The molecule has 0 bridgehead atoms. The third-order valence-electron chi connectivity index (χ3n) is 2.80. The molecule has 0 aliphatic carbocycles. The molecule has 1 aromatic rings. The standard InChI is InChI=1S/C14H19NO3/c1-3-4-8-13(16)15-12-7-5-6-11(9-12)10(2)14(17)18/h5-7,9-10H,3-4,8H2,1-2H3,(H,15,16)(H,17,18). The second-order valence-electron chi connectivity index (χ2n) is 4.34. The van der Waals surface area contributed by atoms with Gasteiger partial charge in [0.2, 0.25) is 5.91 Å². The summed E-state index contributed by atoms with van der Waals surface area (Å²) in [5.74, 6) is -1.47. The Morgan fingerprint density at radius 2 is 2.11 bits per heavy atom. The largest absolute Gasteiger partial charge is 0.481 e. The Labute approximate surface area is 107 Å². The van der Waals surface area contributed by atoms with Crippen LogP contribution in [0.2, 0.25) is 0 Å². The van der Waals surface area contributed by atoms with E-state index < -0.39 is 11.9 Å². The summed E-state index contributed by atoms with van der Waals surface area (Å²) >= 11 is 0. The molecule has 1 atom stereocenters. The van der Waals surface area contributed by atoms with Gasteiger partial charge in [-0.1, -0.05) is 25.5 Å². The van der Waals surface area contributed by atoms with Gasteiger partial charge in [-0.15, -0.1) is 0 Å². The van der Waals surface area contributed by atoms with Crippen LogP contribution in [-0.4, -0.2) is 17.0 Å². The fourth-order valence-electron chi connectivity index (χ4n) is 1.59. The molecule has 1 rings (SSSR count). The molecule has 18 heavy (non-hydrogen) atoms. The van der Waals surface area contributed by atoms with Crippen LogP contribution in [0.5, 0.6) is 0 Å². The molecule has 0 radical (unpaired) electrons. The zero-order valence-corrected chi connectivity index (χ0v) is 10.8. The van der Waals surface area contributed by atoms with Crippen LogP contribution in [0.4, 0.5) is 5.69 Å². The quantitative estimate of drug-likeness (QED) is 0.814. The fourth-order valence-corrected chi connectivity index (χ4v) is 1.59. The van der Waals surface area contributed by atoms with Crippen LogP contribution in [0.15, 0.2) is 24.3 Å². The first-order valence-electron chi connectivity index (χ1n) is 6.17. The van der Waals surface area contributed by atoms with E-state index in [2.05, 4.69) is 5.32 Å². The van der Waals surface area contributed by atoms with Gasteiger partial charge in [-0.05, 0) is 31.0 Å². The number of carbonyl (C=O) groups excluding carboxylic acids is 1. The van der Waals surface area contributed by atoms with E-state index in [0.717, 1.165) is 12.8 Å². The van der Waals surface area contributed by atoms with Gasteiger partial charge >= 0.3 is 5.97 Å². The smallest absolute Gasteiger partial charge is 0.310 e. The van der Waals surface area contributed by atoms with Crippen LogP contribution in [0, 0.1) is 0 Å². The van der Waals surface area contributed by atoms with Gasteiger partial charge < -0.3 is 10.4 Å². The minimum Gasteiger partial charge on any atom is -0.481 e. The number of amides is 1. The molecule has 0 saturated heterocycles. The molecular weight excluding hydrogens is 230 g/mol. The minimum absolute atomic E-state index is 0.0306. The summed E-state index contributed by atoms with van der Waals surface area (Å²) in [4.78, 5) is 22.4. The van der Waals surface area contributed by atoms with E-state index in [4.69, 9.17) is 5.11 Å². The van der Waals surface area contributed by atoms with E-state index in [-0.39, 0.29) is 5.91 Å². The Bertz CT molecular complexity index is 429. The number of aliphatic carboxylic acids is 1. The summed E-state index contributed by atoms with van der Waals surface area (Å²) in [6.45, 7) is 3.66. The molecule has 0 aromatic heterocycles. The van der Waals surface area contributed by atoms with E-state index in [1.165, 1.54) is 0 Å². The third-order valence-corrected chi connectivity index (χ3v) is 2.80. The maximum atomic E-state index is 11.6. The first kappa shape index (κ1) is 14.2. The van der Waals surface area contributed by atoms with Crippen molar-refractivity contribution in [2.75, 3.05) is 5.32 Å². The van der Waals surface area contributed by atoms with E-state index in [0.29, 0.717) is 17.7 Å². The van der Waals surface area contributed by atoms with Crippen LogP contribution in [-0.2, 0) is 9.59 Å². The second kappa shape index (κ2) is 6.79. The third kappa shape index (κ3) is 4.20. The van der Waals surface area contributed by atoms with Crippen molar-refractivity contribution in [2.24, 2.45) is 0 Å². The normalized spacial score (nSPS) is 11.9. The van der Waals surface area contributed by atoms with E-state index in [1.54, 1.807) is 31.2 Å². The lowest BCUT2D eigenvalue weighted by Crippen LogP contribution is -2.12. The Hall–Kier alpha value is -1.84. The van der Waals surface area contributed by atoms with Crippen LogP contribution >= 0.6 is 0 Å². The molecular formula is C14H19NO3. The monoisotopic (exact) mass is 249 g/mol. The van der Waals surface area contributed by atoms with Crippen molar-refractivity contribution in [3.05, 3.63) is 29.8 Å². The summed E-state index contributed by atoms with van der Waals surface area (Å²) in [5.41, 5.74) is 1.34. The van der Waals surface area contributed by atoms with E-state index in [9.17, 15) is 9.59 Å². The number of carboxylic acids is 1. The van der Waals surface area contributed by atoms with Crippen molar-refractivity contribution < 1.29 is 14.7 Å². The number of carboxylic acid groups (broad SMARTS) is 1. The van der Waals surface area contributed by atoms with Gasteiger partial charge in [0.1, 0.15) is 0 Å². The topological polar surface area (TPSA) is 66.4 Å². The lowest BCUT2D eigenvalue weighted by atomic mass is 10.0. The Morgan fingerprint density at radius 1 is 1.39 bits per heavy atom. The number of hydrogen-bond acceptors (Lipinski definition) is 2. The number of benzene rings is 1. The highest BCUT2D eigenvalue weighted by atomic mass is 16.4. The molecule has 0 heterocycles.